The number of nitrogens with zero attached hydrogens (tertiary/aromatic N) is 2. The molecule has 0 aliphatic carbocycles. The Balaban J connectivity index is 0.00000220. The van der Waals surface area contributed by atoms with Crippen LogP contribution in [0.1, 0.15) is 5.69 Å². The molecule has 1 aromatic heterocycles. The zero-order valence-electron chi connectivity index (χ0n) is 11.2. The summed E-state index contributed by atoms with van der Waals surface area (Å²) in [5, 5.41) is 7.42. The molecule has 1 radical (unpaired) electrons. The largest absolute Gasteiger partial charge is 2.00 e. The Kier molecular flexibility index (Phi) is 7.39. The molecule has 7 heteroatoms. The standard InChI is InChI=1S/C14H14N4OS.Cu/c1-19-13-7-5-11(6-8-13)17-14(20)18-16-10-12-4-2-3-9-15-12;/h2-10H,1H3,(H2,17,18,20);/q;+2. The maximum absolute atomic E-state index is 5.13. The van der Waals surface area contributed by atoms with E-state index in [0.29, 0.717) is 5.11 Å². The van der Waals surface area contributed by atoms with Gasteiger partial charge in [-0.2, -0.15) is 5.10 Å². The fourth-order valence-electron chi connectivity index (χ4n) is 1.44. The molecule has 0 atom stereocenters. The Hall–Kier alpha value is -1.95. The molecule has 0 spiro atoms. The first-order valence-corrected chi connectivity index (χ1v) is 6.34. The maximum Gasteiger partial charge on any atom is 2.00 e. The summed E-state index contributed by atoms with van der Waals surface area (Å²) in [6.07, 6.45) is 3.30. The molecule has 0 amide bonds. The van der Waals surface area contributed by atoms with Crippen molar-refractivity contribution in [2.45, 2.75) is 0 Å². The van der Waals surface area contributed by atoms with Crippen molar-refractivity contribution in [1.29, 1.82) is 0 Å². The van der Waals surface area contributed by atoms with Gasteiger partial charge in [-0.1, -0.05) is 6.07 Å². The number of hydrogen-bond donors (Lipinski definition) is 2. The fourth-order valence-corrected chi connectivity index (χ4v) is 1.61. The van der Waals surface area contributed by atoms with Gasteiger partial charge in [0.15, 0.2) is 5.11 Å². The molecule has 0 saturated carbocycles. The van der Waals surface area contributed by atoms with E-state index in [2.05, 4.69) is 20.8 Å². The second-order valence-corrected chi connectivity index (χ2v) is 4.22. The van der Waals surface area contributed by atoms with Gasteiger partial charge in [-0.3, -0.25) is 10.4 Å². The van der Waals surface area contributed by atoms with Crippen molar-refractivity contribution in [2.24, 2.45) is 5.10 Å². The van der Waals surface area contributed by atoms with E-state index in [9.17, 15) is 0 Å². The average molecular weight is 350 g/mol. The fraction of sp³-hybridized carbons (Fsp3) is 0.0714. The number of rotatable bonds is 4. The molecular weight excluding hydrogens is 336 g/mol. The minimum atomic E-state index is 0. The van der Waals surface area contributed by atoms with Crippen molar-refractivity contribution >= 4 is 29.2 Å². The number of thiocarbonyl (C=S) groups is 1. The van der Waals surface area contributed by atoms with Crippen molar-refractivity contribution in [2.75, 3.05) is 12.4 Å². The predicted molar refractivity (Wildman–Crippen MR) is 84.2 cm³/mol. The monoisotopic (exact) mass is 349 g/mol. The summed E-state index contributed by atoms with van der Waals surface area (Å²) in [7, 11) is 1.63. The Morgan fingerprint density at radius 2 is 2.00 bits per heavy atom. The Bertz CT molecular complexity index is 590. The molecule has 0 bridgehead atoms. The van der Waals surface area contributed by atoms with Crippen LogP contribution >= 0.6 is 12.2 Å². The zero-order valence-corrected chi connectivity index (χ0v) is 13.0. The molecule has 0 saturated heterocycles. The first-order chi connectivity index (χ1) is 9.78. The average Bonchev–Trinajstić information content (AvgIpc) is 2.49. The van der Waals surface area contributed by atoms with Crippen LogP contribution in [0.4, 0.5) is 5.69 Å². The van der Waals surface area contributed by atoms with Gasteiger partial charge in [0.25, 0.3) is 0 Å². The van der Waals surface area contributed by atoms with Crippen molar-refractivity contribution in [3.63, 3.8) is 0 Å². The molecule has 0 aliphatic rings. The molecule has 5 nitrogen and oxygen atoms in total. The van der Waals surface area contributed by atoms with Crippen LogP contribution in [0.25, 0.3) is 0 Å². The normalized spacial score (nSPS) is 9.76. The van der Waals surface area contributed by atoms with Crippen LogP contribution in [-0.4, -0.2) is 23.4 Å². The molecule has 21 heavy (non-hydrogen) atoms. The van der Waals surface area contributed by atoms with E-state index in [1.165, 1.54) is 0 Å². The van der Waals surface area contributed by atoms with Gasteiger partial charge in [0.05, 0.1) is 19.0 Å². The van der Waals surface area contributed by atoms with E-state index in [1.54, 1.807) is 19.5 Å². The summed E-state index contributed by atoms with van der Waals surface area (Å²) in [5.41, 5.74) is 4.34. The third kappa shape index (κ3) is 5.91. The number of anilines is 1. The number of aromatic nitrogens is 1. The van der Waals surface area contributed by atoms with Gasteiger partial charge in [-0.15, -0.1) is 0 Å². The van der Waals surface area contributed by atoms with Crippen LogP contribution in [0, 0.1) is 0 Å². The van der Waals surface area contributed by atoms with Crippen LogP contribution in [0.15, 0.2) is 53.8 Å². The SMILES string of the molecule is COc1ccc(NC(=S)NN=Cc2ccccn2)cc1.[Cu+2]. The maximum atomic E-state index is 5.13. The Morgan fingerprint density at radius 1 is 1.24 bits per heavy atom. The molecule has 111 valence electrons. The van der Waals surface area contributed by atoms with Gasteiger partial charge < -0.3 is 10.1 Å². The number of ether oxygens (including phenoxy) is 1. The number of benzene rings is 1. The van der Waals surface area contributed by atoms with Crippen LogP contribution in [-0.2, 0) is 17.1 Å². The summed E-state index contributed by atoms with van der Waals surface area (Å²) < 4.78 is 5.08. The summed E-state index contributed by atoms with van der Waals surface area (Å²) >= 11 is 5.13. The summed E-state index contributed by atoms with van der Waals surface area (Å²) in [6, 6.07) is 13.0. The third-order valence-electron chi connectivity index (χ3n) is 2.40. The van der Waals surface area contributed by atoms with E-state index in [0.717, 1.165) is 17.1 Å². The van der Waals surface area contributed by atoms with Crippen molar-refractivity contribution in [3.8, 4) is 5.75 Å². The smallest absolute Gasteiger partial charge is 0.497 e. The van der Waals surface area contributed by atoms with Crippen LogP contribution in [0.3, 0.4) is 0 Å². The molecule has 1 heterocycles. The second-order valence-electron chi connectivity index (χ2n) is 3.81. The third-order valence-corrected chi connectivity index (χ3v) is 2.59. The van der Waals surface area contributed by atoms with Gasteiger partial charge in [0.1, 0.15) is 5.75 Å². The topological polar surface area (TPSA) is 58.5 Å². The van der Waals surface area contributed by atoms with Crippen molar-refractivity contribution in [1.82, 2.24) is 10.4 Å². The zero-order chi connectivity index (χ0) is 14.2. The Labute approximate surface area is 139 Å². The molecular formula is C14H14CuN4OS+2. The number of pyridine rings is 1. The molecule has 2 aromatic rings. The first-order valence-electron chi connectivity index (χ1n) is 5.93. The minimum absolute atomic E-state index is 0. The molecule has 0 fully saturated rings. The molecule has 0 unspecified atom stereocenters. The van der Waals surface area contributed by atoms with Crippen molar-refractivity contribution in [3.05, 3.63) is 54.4 Å². The quantitative estimate of drug-likeness (QED) is 0.384. The number of methoxy groups -OCH3 is 1. The molecule has 2 N–H and O–H groups in total. The minimum Gasteiger partial charge on any atom is -0.497 e. The number of nitrogens with one attached hydrogen (secondary N) is 2. The van der Waals surface area contributed by atoms with Crippen LogP contribution in [0.5, 0.6) is 5.75 Å². The summed E-state index contributed by atoms with van der Waals surface area (Å²) in [5.74, 6) is 0.794. The van der Waals surface area contributed by atoms with E-state index in [4.69, 9.17) is 17.0 Å². The molecule has 2 rings (SSSR count). The predicted octanol–water partition coefficient (Wildman–Crippen LogP) is 2.41. The van der Waals surface area contributed by atoms with Gasteiger partial charge in [-0.05, 0) is 48.6 Å². The Morgan fingerprint density at radius 3 is 2.62 bits per heavy atom. The van der Waals surface area contributed by atoms with E-state index in [-0.39, 0.29) is 17.1 Å². The van der Waals surface area contributed by atoms with E-state index < -0.39 is 0 Å². The van der Waals surface area contributed by atoms with Crippen molar-refractivity contribution < 1.29 is 21.8 Å². The van der Waals surface area contributed by atoms with E-state index in [1.807, 2.05) is 42.5 Å². The summed E-state index contributed by atoms with van der Waals surface area (Å²) in [6.45, 7) is 0. The second kappa shape index (κ2) is 9.07. The van der Waals surface area contributed by atoms with Crippen LogP contribution in [0.2, 0.25) is 0 Å². The van der Waals surface area contributed by atoms with Gasteiger partial charge in [0.2, 0.25) is 0 Å². The first kappa shape index (κ1) is 17.1. The molecule has 1 aromatic carbocycles. The van der Waals surface area contributed by atoms with Gasteiger partial charge in [0, 0.05) is 11.9 Å². The molecule has 0 aliphatic heterocycles. The number of hydrogen-bond acceptors (Lipinski definition) is 4. The van der Waals surface area contributed by atoms with E-state index >= 15 is 0 Å². The van der Waals surface area contributed by atoms with Gasteiger partial charge >= 0.3 is 17.1 Å². The number of hydrazone groups is 1. The van der Waals surface area contributed by atoms with Crippen LogP contribution < -0.4 is 15.5 Å². The van der Waals surface area contributed by atoms with Gasteiger partial charge in [-0.25, -0.2) is 0 Å². The summed E-state index contributed by atoms with van der Waals surface area (Å²) in [4.78, 5) is 4.11.